The van der Waals surface area contributed by atoms with Crippen molar-refractivity contribution in [2.24, 2.45) is 0 Å². The van der Waals surface area contributed by atoms with Crippen LogP contribution in [-0.2, 0) is 14.3 Å². The van der Waals surface area contributed by atoms with Gasteiger partial charge < -0.3 is 14.8 Å². The van der Waals surface area contributed by atoms with Crippen LogP contribution in [0.2, 0.25) is 0 Å². The van der Waals surface area contributed by atoms with Gasteiger partial charge in [-0.3, -0.25) is 4.79 Å². The Hall–Kier alpha value is -0.610. The Morgan fingerprint density at radius 1 is 1.00 bits per heavy atom. The lowest BCUT2D eigenvalue weighted by Crippen LogP contribution is -2.16. The highest BCUT2D eigenvalue weighted by Crippen LogP contribution is 2.01. The van der Waals surface area contributed by atoms with Crippen molar-refractivity contribution >= 4 is 5.97 Å². The minimum Gasteiger partial charge on any atom is -0.466 e. The first-order chi connectivity index (χ1) is 8.81. The van der Waals surface area contributed by atoms with Gasteiger partial charge in [0, 0.05) is 20.1 Å². The van der Waals surface area contributed by atoms with Gasteiger partial charge in [0.15, 0.2) is 0 Å². The van der Waals surface area contributed by atoms with E-state index in [2.05, 4.69) is 5.32 Å². The molecule has 1 N–H and O–H groups in total. The molecule has 0 aliphatic rings. The number of hydrogen-bond donors (Lipinski definition) is 1. The minimum absolute atomic E-state index is 0.0661. The Kier molecular flexibility index (Phi) is 14.0. The van der Waals surface area contributed by atoms with Crippen molar-refractivity contribution in [2.45, 2.75) is 51.9 Å². The van der Waals surface area contributed by atoms with E-state index in [1.807, 2.05) is 6.92 Å². The zero-order valence-corrected chi connectivity index (χ0v) is 12.0. The van der Waals surface area contributed by atoms with Crippen molar-refractivity contribution in [2.75, 3.05) is 33.4 Å². The molecule has 4 nitrogen and oxygen atoms in total. The standard InChI is InChI=1S/C14H29NO3/c1-3-18-14(16)10-6-4-7-11-15-12-8-5-9-13-17-2/h15H,3-13H2,1-2H3. The average molecular weight is 259 g/mol. The maximum atomic E-state index is 11.1. The van der Waals surface area contributed by atoms with E-state index in [1.54, 1.807) is 7.11 Å². The van der Waals surface area contributed by atoms with Gasteiger partial charge in [-0.2, -0.15) is 0 Å². The quantitative estimate of drug-likeness (QED) is 0.408. The molecular weight excluding hydrogens is 230 g/mol. The van der Waals surface area contributed by atoms with Crippen molar-refractivity contribution in [1.29, 1.82) is 0 Å². The molecule has 0 atom stereocenters. The highest BCUT2D eigenvalue weighted by atomic mass is 16.5. The predicted molar refractivity (Wildman–Crippen MR) is 73.7 cm³/mol. The third kappa shape index (κ3) is 13.5. The zero-order chi connectivity index (χ0) is 13.5. The number of carbonyl (C=O) groups is 1. The highest BCUT2D eigenvalue weighted by Gasteiger charge is 2.00. The first kappa shape index (κ1) is 17.4. The Balaban J connectivity index is 3.01. The molecule has 0 aliphatic heterocycles. The molecule has 0 aromatic rings. The minimum atomic E-state index is -0.0661. The number of unbranched alkanes of at least 4 members (excludes halogenated alkanes) is 4. The summed E-state index contributed by atoms with van der Waals surface area (Å²) in [6.45, 7) is 5.33. The zero-order valence-electron chi connectivity index (χ0n) is 12.0. The van der Waals surface area contributed by atoms with Gasteiger partial charge in [-0.25, -0.2) is 0 Å². The summed E-state index contributed by atoms with van der Waals surface area (Å²) in [6.07, 6.45) is 7.32. The Labute approximate surface area is 111 Å². The molecule has 0 radical (unpaired) electrons. The SMILES string of the molecule is CCOC(=O)CCCCCNCCCCCOC. The van der Waals surface area contributed by atoms with Gasteiger partial charge >= 0.3 is 5.97 Å². The molecule has 0 rings (SSSR count). The highest BCUT2D eigenvalue weighted by molar-refractivity contribution is 5.69. The fourth-order valence-electron chi connectivity index (χ4n) is 1.73. The number of nitrogens with one attached hydrogen (secondary N) is 1. The number of ether oxygens (including phenoxy) is 2. The Morgan fingerprint density at radius 2 is 1.67 bits per heavy atom. The van der Waals surface area contributed by atoms with E-state index in [4.69, 9.17) is 9.47 Å². The molecule has 0 unspecified atom stereocenters. The van der Waals surface area contributed by atoms with Crippen molar-refractivity contribution in [1.82, 2.24) is 5.32 Å². The fourth-order valence-corrected chi connectivity index (χ4v) is 1.73. The molecule has 18 heavy (non-hydrogen) atoms. The molecule has 4 heteroatoms. The normalized spacial score (nSPS) is 10.6. The maximum Gasteiger partial charge on any atom is 0.305 e. The monoisotopic (exact) mass is 259 g/mol. The molecule has 0 aromatic heterocycles. The van der Waals surface area contributed by atoms with Crippen LogP contribution in [0.25, 0.3) is 0 Å². The van der Waals surface area contributed by atoms with Crippen LogP contribution in [0, 0.1) is 0 Å². The van der Waals surface area contributed by atoms with Crippen LogP contribution < -0.4 is 5.32 Å². The van der Waals surface area contributed by atoms with Gasteiger partial charge in [-0.1, -0.05) is 6.42 Å². The second kappa shape index (κ2) is 14.5. The summed E-state index contributed by atoms with van der Waals surface area (Å²) in [7, 11) is 1.74. The van der Waals surface area contributed by atoms with Crippen molar-refractivity contribution < 1.29 is 14.3 Å². The summed E-state index contributed by atoms with van der Waals surface area (Å²) in [5.41, 5.74) is 0. The molecule has 0 saturated heterocycles. The third-order valence-corrected chi connectivity index (χ3v) is 2.74. The second-order valence-electron chi connectivity index (χ2n) is 4.42. The van der Waals surface area contributed by atoms with Gasteiger partial charge in [0.05, 0.1) is 6.61 Å². The Morgan fingerprint density at radius 3 is 2.28 bits per heavy atom. The molecular formula is C14H29NO3. The van der Waals surface area contributed by atoms with Crippen LogP contribution in [0.5, 0.6) is 0 Å². The summed E-state index contributed by atoms with van der Waals surface area (Å²) < 4.78 is 9.86. The van der Waals surface area contributed by atoms with Gasteiger partial charge in [0.1, 0.15) is 0 Å². The van der Waals surface area contributed by atoms with E-state index >= 15 is 0 Å². The van der Waals surface area contributed by atoms with Gasteiger partial charge in [-0.05, 0) is 52.1 Å². The van der Waals surface area contributed by atoms with Gasteiger partial charge in [-0.15, -0.1) is 0 Å². The molecule has 0 aliphatic carbocycles. The summed E-state index contributed by atoms with van der Waals surface area (Å²) in [6, 6.07) is 0. The molecule has 0 heterocycles. The molecule has 0 saturated carbocycles. The molecule has 0 amide bonds. The predicted octanol–water partition coefficient (Wildman–Crippen LogP) is 2.52. The van der Waals surface area contributed by atoms with Gasteiger partial charge in [0.2, 0.25) is 0 Å². The first-order valence-electron chi connectivity index (χ1n) is 7.16. The largest absolute Gasteiger partial charge is 0.466 e. The number of carbonyl (C=O) groups excluding carboxylic acids is 1. The van der Waals surface area contributed by atoms with Crippen LogP contribution in [0.3, 0.4) is 0 Å². The molecule has 0 aromatic carbocycles. The summed E-state index contributed by atoms with van der Waals surface area (Å²) in [5, 5.41) is 3.42. The van der Waals surface area contributed by atoms with Crippen LogP contribution in [0.4, 0.5) is 0 Å². The molecule has 108 valence electrons. The van der Waals surface area contributed by atoms with Gasteiger partial charge in [0.25, 0.3) is 0 Å². The third-order valence-electron chi connectivity index (χ3n) is 2.74. The van der Waals surface area contributed by atoms with Crippen molar-refractivity contribution in [3.05, 3.63) is 0 Å². The molecule has 0 bridgehead atoms. The van der Waals surface area contributed by atoms with E-state index in [0.717, 1.165) is 45.4 Å². The van der Waals surface area contributed by atoms with E-state index in [-0.39, 0.29) is 5.97 Å². The van der Waals surface area contributed by atoms with E-state index in [1.165, 1.54) is 12.8 Å². The molecule has 0 fully saturated rings. The Bertz CT molecular complexity index is 186. The number of rotatable bonds is 13. The average Bonchev–Trinajstić information content (AvgIpc) is 2.36. The van der Waals surface area contributed by atoms with Crippen LogP contribution in [-0.4, -0.2) is 39.4 Å². The lowest BCUT2D eigenvalue weighted by atomic mass is 10.2. The van der Waals surface area contributed by atoms with E-state index in [0.29, 0.717) is 13.0 Å². The van der Waals surface area contributed by atoms with Crippen LogP contribution in [0.1, 0.15) is 51.9 Å². The number of esters is 1. The lowest BCUT2D eigenvalue weighted by molar-refractivity contribution is -0.143. The maximum absolute atomic E-state index is 11.1. The van der Waals surface area contributed by atoms with Crippen molar-refractivity contribution in [3.63, 3.8) is 0 Å². The summed E-state index contributed by atoms with van der Waals surface area (Å²) in [5.74, 6) is -0.0661. The van der Waals surface area contributed by atoms with Crippen LogP contribution >= 0.6 is 0 Å². The topological polar surface area (TPSA) is 47.6 Å². The number of hydrogen-bond acceptors (Lipinski definition) is 4. The summed E-state index contributed by atoms with van der Waals surface area (Å²) >= 11 is 0. The smallest absolute Gasteiger partial charge is 0.305 e. The number of methoxy groups -OCH3 is 1. The summed E-state index contributed by atoms with van der Waals surface area (Å²) in [4.78, 5) is 11.1. The van der Waals surface area contributed by atoms with Crippen LogP contribution in [0.15, 0.2) is 0 Å². The molecule has 0 spiro atoms. The second-order valence-corrected chi connectivity index (χ2v) is 4.42. The lowest BCUT2D eigenvalue weighted by Gasteiger charge is -2.05. The fraction of sp³-hybridized carbons (Fsp3) is 0.929. The first-order valence-corrected chi connectivity index (χ1v) is 7.16. The van der Waals surface area contributed by atoms with Crippen molar-refractivity contribution in [3.8, 4) is 0 Å². The van der Waals surface area contributed by atoms with E-state index < -0.39 is 0 Å². The van der Waals surface area contributed by atoms with E-state index in [9.17, 15) is 4.79 Å².